The predicted molar refractivity (Wildman–Crippen MR) is 105 cm³/mol. The lowest BCUT2D eigenvalue weighted by Crippen LogP contribution is -2.37. The largest absolute Gasteiger partial charge is 0.493 e. The first kappa shape index (κ1) is 19.0. The molecular formula is C21H26N2O4. The fourth-order valence-corrected chi connectivity index (χ4v) is 3.35. The Morgan fingerprint density at radius 2 is 1.81 bits per heavy atom. The highest BCUT2D eigenvalue weighted by molar-refractivity contribution is 5.97. The van der Waals surface area contributed by atoms with E-state index in [0.29, 0.717) is 23.6 Å². The van der Waals surface area contributed by atoms with Crippen molar-refractivity contribution in [2.24, 2.45) is 0 Å². The smallest absolute Gasteiger partial charge is 0.257 e. The fraction of sp³-hybridized carbons (Fsp3) is 0.381. The molecule has 1 saturated heterocycles. The minimum atomic E-state index is -0.109. The van der Waals surface area contributed by atoms with Gasteiger partial charge in [0.1, 0.15) is 0 Å². The molecule has 0 radical (unpaired) electrons. The van der Waals surface area contributed by atoms with Gasteiger partial charge in [0.15, 0.2) is 11.5 Å². The zero-order valence-electron chi connectivity index (χ0n) is 16.1. The van der Waals surface area contributed by atoms with Gasteiger partial charge in [-0.3, -0.25) is 4.79 Å². The maximum absolute atomic E-state index is 13.0. The molecule has 0 saturated carbocycles. The van der Waals surface area contributed by atoms with E-state index in [1.54, 1.807) is 44.4 Å². The summed E-state index contributed by atoms with van der Waals surface area (Å²) in [5, 5.41) is 0. The van der Waals surface area contributed by atoms with E-state index in [9.17, 15) is 4.79 Å². The maximum atomic E-state index is 13.0. The first-order valence-electron chi connectivity index (χ1n) is 9.02. The molecule has 1 fully saturated rings. The topological polar surface area (TPSA) is 51.2 Å². The van der Waals surface area contributed by atoms with E-state index >= 15 is 0 Å². The van der Waals surface area contributed by atoms with Gasteiger partial charge in [0.2, 0.25) is 0 Å². The van der Waals surface area contributed by atoms with Crippen LogP contribution < -0.4 is 14.4 Å². The van der Waals surface area contributed by atoms with Crippen LogP contribution in [0.5, 0.6) is 11.5 Å². The number of para-hydroxylation sites is 2. The van der Waals surface area contributed by atoms with E-state index in [2.05, 4.69) is 17.0 Å². The summed E-state index contributed by atoms with van der Waals surface area (Å²) >= 11 is 0. The highest BCUT2D eigenvalue weighted by atomic mass is 16.5. The summed E-state index contributed by atoms with van der Waals surface area (Å²) in [5.74, 6) is 0.895. The van der Waals surface area contributed by atoms with Gasteiger partial charge >= 0.3 is 0 Å². The van der Waals surface area contributed by atoms with Crippen molar-refractivity contribution in [3.05, 3.63) is 53.6 Å². The van der Waals surface area contributed by atoms with Gasteiger partial charge in [0.25, 0.3) is 5.91 Å². The van der Waals surface area contributed by atoms with E-state index in [0.717, 1.165) is 37.6 Å². The normalized spacial score (nSPS) is 14.0. The second kappa shape index (κ2) is 8.77. The van der Waals surface area contributed by atoms with Crippen molar-refractivity contribution in [3.63, 3.8) is 0 Å². The van der Waals surface area contributed by atoms with Crippen LogP contribution in [0.4, 0.5) is 5.69 Å². The van der Waals surface area contributed by atoms with Crippen LogP contribution >= 0.6 is 0 Å². The summed E-state index contributed by atoms with van der Waals surface area (Å²) in [6.45, 7) is 3.68. The van der Waals surface area contributed by atoms with Crippen LogP contribution in [0.2, 0.25) is 0 Å². The summed E-state index contributed by atoms with van der Waals surface area (Å²) in [5.41, 5.74) is 2.75. The van der Waals surface area contributed by atoms with Crippen LogP contribution in [0, 0.1) is 0 Å². The van der Waals surface area contributed by atoms with Crippen LogP contribution in [-0.2, 0) is 11.3 Å². The zero-order chi connectivity index (χ0) is 19.2. The molecule has 1 heterocycles. The molecule has 0 unspecified atom stereocenters. The van der Waals surface area contributed by atoms with E-state index in [4.69, 9.17) is 14.2 Å². The van der Waals surface area contributed by atoms with E-state index in [1.165, 1.54) is 0 Å². The van der Waals surface area contributed by atoms with Gasteiger partial charge in [-0.15, -0.1) is 0 Å². The molecule has 6 heteroatoms. The molecule has 1 aliphatic heterocycles. The Kier molecular flexibility index (Phi) is 6.19. The number of benzene rings is 2. The Labute approximate surface area is 160 Å². The first-order chi connectivity index (χ1) is 13.2. The lowest BCUT2D eigenvalue weighted by molar-refractivity contribution is 0.0780. The molecule has 0 bridgehead atoms. The molecule has 0 N–H and O–H groups in total. The van der Waals surface area contributed by atoms with Gasteiger partial charge in [0, 0.05) is 32.4 Å². The van der Waals surface area contributed by atoms with Crippen molar-refractivity contribution < 1.29 is 19.0 Å². The Bertz CT molecular complexity index is 788. The molecule has 3 rings (SSSR count). The number of ether oxygens (including phenoxy) is 3. The number of rotatable bonds is 6. The van der Waals surface area contributed by atoms with E-state index < -0.39 is 0 Å². The molecule has 0 atom stereocenters. The lowest BCUT2D eigenvalue weighted by atomic mass is 10.1. The molecular weight excluding hydrogens is 344 g/mol. The molecule has 2 aromatic rings. The Hall–Kier alpha value is -2.73. The van der Waals surface area contributed by atoms with Crippen molar-refractivity contribution in [1.82, 2.24) is 4.90 Å². The second-order valence-electron chi connectivity index (χ2n) is 6.43. The van der Waals surface area contributed by atoms with Crippen LogP contribution in [0.1, 0.15) is 15.9 Å². The van der Waals surface area contributed by atoms with Crippen molar-refractivity contribution in [1.29, 1.82) is 0 Å². The van der Waals surface area contributed by atoms with Gasteiger partial charge in [-0.2, -0.15) is 0 Å². The second-order valence-corrected chi connectivity index (χ2v) is 6.43. The Balaban J connectivity index is 1.82. The summed E-state index contributed by atoms with van der Waals surface area (Å²) in [6.07, 6.45) is 0. The third-order valence-corrected chi connectivity index (χ3v) is 4.73. The number of carbonyl (C=O) groups excluding carboxylic acids is 1. The fourth-order valence-electron chi connectivity index (χ4n) is 3.35. The van der Waals surface area contributed by atoms with Gasteiger partial charge in [-0.1, -0.05) is 24.3 Å². The van der Waals surface area contributed by atoms with E-state index in [1.807, 2.05) is 12.1 Å². The summed E-state index contributed by atoms with van der Waals surface area (Å²) < 4.78 is 16.2. The molecule has 6 nitrogen and oxygen atoms in total. The Morgan fingerprint density at radius 3 is 2.52 bits per heavy atom. The van der Waals surface area contributed by atoms with Crippen LogP contribution in [0.3, 0.4) is 0 Å². The number of nitrogens with zero attached hydrogens (tertiary/aromatic N) is 2. The van der Waals surface area contributed by atoms with Crippen molar-refractivity contribution in [2.45, 2.75) is 6.54 Å². The van der Waals surface area contributed by atoms with Gasteiger partial charge in [-0.25, -0.2) is 0 Å². The van der Waals surface area contributed by atoms with E-state index in [-0.39, 0.29) is 5.91 Å². The summed E-state index contributed by atoms with van der Waals surface area (Å²) in [7, 11) is 4.91. The average Bonchev–Trinajstić information content (AvgIpc) is 2.73. The molecule has 144 valence electrons. The Morgan fingerprint density at radius 1 is 1.07 bits per heavy atom. The monoisotopic (exact) mass is 370 g/mol. The summed E-state index contributed by atoms with van der Waals surface area (Å²) in [4.78, 5) is 17.1. The SMILES string of the molecule is COc1cccc(C(=O)N(C)Cc2ccccc2N2CCOCC2)c1OC. The molecule has 1 aliphatic rings. The van der Waals surface area contributed by atoms with Crippen LogP contribution in [0.25, 0.3) is 0 Å². The highest BCUT2D eigenvalue weighted by Gasteiger charge is 2.21. The zero-order valence-corrected chi connectivity index (χ0v) is 16.1. The number of morpholine rings is 1. The molecule has 1 amide bonds. The maximum Gasteiger partial charge on any atom is 0.257 e. The predicted octanol–water partition coefficient (Wildman–Crippen LogP) is 2.81. The number of methoxy groups -OCH3 is 2. The number of hydrogen-bond acceptors (Lipinski definition) is 5. The van der Waals surface area contributed by atoms with Crippen molar-refractivity contribution >= 4 is 11.6 Å². The number of amides is 1. The summed E-state index contributed by atoms with van der Waals surface area (Å²) in [6, 6.07) is 13.5. The van der Waals surface area contributed by atoms with Gasteiger partial charge in [0.05, 0.1) is 33.0 Å². The highest BCUT2D eigenvalue weighted by Crippen LogP contribution is 2.32. The van der Waals surface area contributed by atoms with Gasteiger partial charge in [-0.05, 0) is 23.8 Å². The van der Waals surface area contributed by atoms with Gasteiger partial charge < -0.3 is 24.0 Å². The molecule has 0 aliphatic carbocycles. The third kappa shape index (κ3) is 4.17. The lowest BCUT2D eigenvalue weighted by Gasteiger charge is -2.31. The van der Waals surface area contributed by atoms with Crippen LogP contribution in [0.15, 0.2) is 42.5 Å². The standard InChI is InChI=1S/C21H26N2O4/c1-22(21(24)17-8-6-10-19(25-2)20(17)26-3)15-16-7-4-5-9-18(16)23-11-13-27-14-12-23/h4-10H,11-15H2,1-3H3. The molecule has 0 spiro atoms. The minimum absolute atomic E-state index is 0.109. The number of carbonyl (C=O) groups is 1. The quantitative estimate of drug-likeness (QED) is 0.783. The third-order valence-electron chi connectivity index (χ3n) is 4.73. The van der Waals surface area contributed by atoms with Crippen molar-refractivity contribution in [3.8, 4) is 11.5 Å². The van der Waals surface area contributed by atoms with Crippen LogP contribution in [-0.4, -0.2) is 58.4 Å². The van der Waals surface area contributed by atoms with Crippen molar-refractivity contribution in [2.75, 3.05) is 52.5 Å². The minimum Gasteiger partial charge on any atom is -0.493 e. The molecule has 27 heavy (non-hydrogen) atoms. The number of anilines is 1. The average molecular weight is 370 g/mol. The molecule has 2 aromatic carbocycles. The molecule has 0 aromatic heterocycles. The number of hydrogen-bond donors (Lipinski definition) is 0. The first-order valence-corrected chi connectivity index (χ1v) is 9.02.